The first-order chi connectivity index (χ1) is 11.5. The van der Waals surface area contributed by atoms with Crippen molar-refractivity contribution in [2.45, 2.75) is 13.3 Å². The van der Waals surface area contributed by atoms with Gasteiger partial charge in [0.1, 0.15) is 0 Å². The monoisotopic (exact) mass is 342 g/mol. The van der Waals surface area contributed by atoms with E-state index in [2.05, 4.69) is 21.5 Å². The molecular formula is C17H18N4O2S. The Bertz CT molecular complexity index is 717. The van der Waals surface area contributed by atoms with E-state index in [0.29, 0.717) is 10.8 Å². The first-order valence-electron chi connectivity index (χ1n) is 7.30. The molecule has 0 atom stereocenters. The minimum Gasteiger partial charge on any atom is -0.331 e. The minimum absolute atomic E-state index is 0.135. The maximum atomic E-state index is 11.9. The van der Waals surface area contributed by atoms with E-state index in [1.165, 1.54) is 6.92 Å². The number of para-hydroxylation sites is 1. The summed E-state index contributed by atoms with van der Waals surface area (Å²) in [6, 6.07) is 16.5. The Balaban J connectivity index is 1.76. The smallest absolute Gasteiger partial charge is 0.242 e. The van der Waals surface area contributed by atoms with Crippen molar-refractivity contribution in [2.75, 3.05) is 10.6 Å². The molecule has 0 unspecified atom stereocenters. The maximum absolute atomic E-state index is 11.9. The fourth-order valence-corrected chi connectivity index (χ4v) is 2.12. The third-order valence-corrected chi connectivity index (χ3v) is 3.19. The molecule has 0 saturated heterocycles. The third-order valence-electron chi connectivity index (χ3n) is 2.99. The second kappa shape index (κ2) is 8.64. The van der Waals surface area contributed by atoms with E-state index >= 15 is 0 Å². The molecule has 0 aliphatic carbocycles. The molecule has 0 bridgehead atoms. The van der Waals surface area contributed by atoms with Crippen LogP contribution in [0.1, 0.15) is 12.5 Å². The molecular weight excluding hydrogens is 324 g/mol. The van der Waals surface area contributed by atoms with E-state index in [1.807, 2.05) is 30.3 Å². The Morgan fingerprint density at radius 3 is 2.12 bits per heavy atom. The van der Waals surface area contributed by atoms with Gasteiger partial charge < -0.3 is 10.6 Å². The second-order valence-electron chi connectivity index (χ2n) is 5.05. The van der Waals surface area contributed by atoms with Gasteiger partial charge in [0.25, 0.3) is 0 Å². The van der Waals surface area contributed by atoms with Crippen LogP contribution in [-0.2, 0) is 16.0 Å². The Kier molecular flexibility index (Phi) is 6.27. The molecule has 0 aromatic heterocycles. The molecule has 0 heterocycles. The largest absolute Gasteiger partial charge is 0.331 e. The fraction of sp³-hybridized carbons (Fsp3) is 0.118. The van der Waals surface area contributed by atoms with E-state index in [4.69, 9.17) is 12.2 Å². The van der Waals surface area contributed by atoms with Crippen molar-refractivity contribution in [3.63, 3.8) is 0 Å². The maximum Gasteiger partial charge on any atom is 0.242 e. The van der Waals surface area contributed by atoms with E-state index in [0.717, 1.165) is 11.3 Å². The van der Waals surface area contributed by atoms with Crippen LogP contribution in [-0.4, -0.2) is 16.9 Å². The quantitative estimate of drug-likeness (QED) is 0.506. The summed E-state index contributed by atoms with van der Waals surface area (Å²) in [5, 5.41) is 5.92. The minimum atomic E-state index is -0.223. The summed E-state index contributed by atoms with van der Waals surface area (Å²) >= 11 is 5.10. The number of hydrogen-bond donors (Lipinski definition) is 4. The van der Waals surface area contributed by atoms with Gasteiger partial charge in [-0.25, -0.2) is 0 Å². The molecule has 0 spiro atoms. The number of hydrogen-bond acceptors (Lipinski definition) is 3. The van der Waals surface area contributed by atoms with Crippen LogP contribution in [0.5, 0.6) is 0 Å². The second-order valence-corrected chi connectivity index (χ2v) is 5.46. The molecule has 24 heavy (non-hydrogen) atoms. The molecule has 2 amide bonds. The number of thiocarbonyl (C=S) groups is 1. The number of nitrogens with one attached hydrogen (secondary N) is 4. The van der Waals surface area contributed by atoms with E-state index < -0.39 is 0 Å². The number of rotatable bonds is 4. The molecule has 6 nitrogen and oxygen atoms in total. The molecule has 0 aliphatic rings. The van der Waals surface area contributed by atoms with Gasteiger partial charge in [-0.1, -0.05) is 30.3 Å². The summed E-state index contributed by atoms with van der Waals surface area (Å²) in [6.45, 7) is 1.44. The molecule has 0 saturated carbocycles. The van der Waals surface area contributed by atoms with Crippen molar-refractivity contribution >= 4 is 40.5 Å². The predicted octanol–water partition coefficient (Wildman–Crippen LogP) is 2.21. The molecule has 0 fully saturated rings. The summed E-state index contributed by atoms with van der Waals surface area (Å²) in [5.41, 5.74) is 7.54. The highest BCUT2D eigenvalue weighted by molar-refractivity contribution is 7.80. The average molecular weight is 342 g/mol. The van der Waals surface area contributed by atoms with Crippen molar-refractivity contribution in [3.05, 3.63) is 60.2 Å². The van der Waals surface area contributed by atoms with E-state index in [-0.39, 0.29) is 18.2 Å². The molecule has 2 aromatic carbocycles. The average Bonchev–Trinajstić information content (AvgIpc) is 2.55. The number of carbonyl (C=O) groups excluding carboxylic acids is 2. The van der Waals surface area contributed by atoms with Crippen LogP contribution in [0, 0.1) is 0 Å². The molecule has 4 N–H and O–H groups in total. The van der Waals surface area contributed by atoms with Crippen LogP contribution in [0.3, 0.4) is 0 Å². The lowest BCUT2D eigenvalue weighted by Crippen LogP contribution is -2.44. The highest BCUT2D eigenvalue weighted by Gasteiger charge is 2.05. The lowest BCUT2D eigenvalue weighted by Gasteiger charge is -2.11. The lowest BCUT2D eigenvalue weighted by atomic mass is 10.1. The van der Waals surface area contributed by atoms with Crippen molar-refractivity contribution in [1.82, 2.24) is 10.9 Å². The van der Waals surface area contributed by atoms with Gasteiger partial charge in [-0.3, -0.25) is 20.4 Å². The topological polar surface area (TPSA) is 82.3 Å². The van der Waals surface area contributed by atoms with Crippen LogP contribution >= 0.6 is 12.2 Å². The van der Waals surface area contributed by atoms with Crippen LogP contribution in [0.15, 0.2) is 54.6 Å². The molecule has 2 rings (SSSR count). The van der Waals surface area contributed by atoms with Gasteiger partial charge in [-0.2, -0.15) is 0 Å². The summed E-state index contributed by atoms with van der Waals surface area (Å²) in [5.74, 6) is -0.358. The zero-order chi connectivity index (χ0) is 17.4. The van der Waals surface area contributed by atoms with Crippen LogP contribution in [0.4, 0.5) is 11.4 Å². The molecule has 0 aliphatic heterocycles. The molecule has 124 valence electrons. The van der Waals surface area contributed by atoms with Gasteiger partial charge in [0, 0.05) is 18.3 Å². The zero-order valence-electron chi connectivity index (χ0n) is 13.1. The van der Waals surface area contributed by atoms with E-state index in [9.17, 15) is 9.59 Å². The van der Waals surface area contributed by atoms with Crippen molar-refractivity contribution in [1.29, 1.82) is 0 Å². The first kappa shape index (κ1) is 17.4. The van der Waals surface area contributed by atoms with Crippen LogP contribution in [0.25, 0.3) is 0 Å². The van der Waals surface area contributed by atoms with Crippen LogP contribution in [0.2, 0.25) is 0 Å². The number of carbonyl (C=O) groups is 2. The Morgan fingerprint density at radius 2 is 1.50 bits per heavy atom. The summed E-state index contributed by atoms with van der Waals surface area (Å²) in [7, 11) is 0. The van der Waals surface area contributed by atoms with Crippen LogP contribution < -0.4 is 21.5 Å². The van der Waals surface area contributed by atoms with Gasteiger partial charge in [0.2, 0.25) is 11.8 Å². The summed E-state index contributed by atoms with van der Waals surface area (Å²) < 4.78 is 0. The summed E-state index contributed by atoms with van der Waals surface area (Å²) in [4.78, 5) is 22.9. The Morgan fingerprint density at radius 1 is 0.875 bits per heavy atom. The highest BCUT2D eigenvalue weighted by Crippen LogP contribution is 2.10. The molecule has 7 heteroatoms. The van der Waals surface area contributed by atoms with Gasteiger partial charge in [-0.15, -0.1) is 0 Å². The first-order valence-corrected chi connectivity index (χ1v) is 7.71. The SMILES string of the molecule is CC(=O)Nc1ccc(CC(=O)NNC(=S)Nc2ccccc2)cc1. The van der Waals surface area contributed by atoms with Crippen molar-refractivity contribution in [3.8, 4) is 0 Å². The Hall–Kier alpha value is -2.93. The van der Waals surface area contributed by atoms with Gasteiger partial charge in [0.05, 0.1) is 6.42 Å². The number of amides is 2. The fourth-order valence-electron chi connectivity index (χ4n) is 1.95. The highest BCUT2D eigenvalue weighted by atomic mass is 32.1. The Labute approximate surface area is 145 Å². The number of hydrazine groups is 1. The van der Waals surface area contributed by atoms with Crippen molar-refractivity contribution < 1.29 is 9.59 Å². The van der Waals surface area contributed by atoms with Gasteiger partial charge in [0.15, 0.2) is 5.11 Å². The van der Waals surface area contributed by atoms with E-state index in [1.54, 1.807) is 24.3 Å². The molecule has 0 radical (unpaired) electrons. The third kappa shape index (κ3) is 6.05. The molecule has 2 aromatic rings. The number of benzene rings is 2. The van der Waals surface area contributed by atoms with Gasteiger partial charge in [-0.05, 0) is 42.0 Å². The lowest BCUT2D eigenvalue weighted by molar-refractivity contribution is -0.121. The summed E-state index contributed by atoms with van der Waals surface area (Å²) in [6.07, 6.45) is 0.196. The number of anilines is 2. The standard InChI is InChI=1S/C17H18N4O2S/c1-12(22)18-15-9-7-13(8-10-15)11-16(23)20-21-17(24)19-14-5-3-2-4-6-14/h2-10H,11H2,1H3,(H,18,22)(H,20,23)(H2,19,21,24). The predicted molar refractivity (Wildman–Crippen MR) is 98.4 cm³/mol. The zero-order valence-corrected chi connectivity index (χ0v) is 13.9. The van der Waals surface area contributed by atoms with Crippen molar-refractivity contribution in [2.24, 2.45) is 0 Å². The normalized spacial score (nSPS) is 9.71. The van der Waals surface area contributed by atoms with Gasteiger partial charge >= 0.3 is 0 Å².